The zero-order valence-electron chi connectivity index (χ0n) is 24.2. The second-order valence-electron chi connectivity index (χ2n) is 12.0. The predicted molar refractivity (Wildman–Crippen MR) is 151 cm³/mol. The van der Waals surface area contributed by atoms with Crippen LogP contribution in [0.15, 0.2) is 0 Å². The first kappa shape index (κ1) is 34.8. The van der Waals surface area contributed by atoms with Gasteiger partial charge in [-0.1, -0.05) is 137 Å². The average Bonchev–Trinajstić information content (AvgIpc) is 2.84. The molecule has 35 heavy (non-hydrogen) atoms. The fourth-order valence-corrected chi connectivity index (χ4v) is 4.91. The topological polar surface area (TPSA) is 69.9 Å². The number of ether oxygens (including phenoxy) is 1. The average molecular weight is 501 g/mol. The van der Waals surface area contributed by atoms with Gasteiger partial charge in [0.1, 0.15) is 0 Å². The van der Waals surface area contributed by atoms with Crippen molar-refractivity contribution in [1.82, 2.24) is 0 Å². The molecule has 0 saturated carbocycles. The molecule has 0 radical (unpaired) electrons. The van der Waals surface area contributed by atoms with Crippen LogP contribution in [0.1, 0.15) is 150 Å². The Morgan fingerprint density at radius 3 is 1.11 bits per heavy atom. The summed E-state index contributed by atoms with van der Waals surface area (Å²) < 4.78 is 6.17. The summed E-state index contributed by atoms with van der Waals surface area (Å²) in [4.78, 5) is 0. The van der Waals surface area contributed by atoms with Gasteiger partial charge >= 0.3 is 0 Å². The lowest BCUT2D eigenvalue weighted by Crippen LogP contribution is -2.46. The highest BCUT2D eigenvalue weighted by atomic mass is 16.5. The summed E-state index contributed by atoms with van der Waals surface area (Å²) in [7, 11) is 0. The van der Waals surface area contributed by atoms with Crippen molar-refractivity contribution in [1.29, 1.82) is 0 Å². The maximum atomic E-state index is 9.92. The molecule has 0 aliphatic heterocycles. The molecule has 0 aliphatic rings. The van der Waals surface area contributed by atoms with Crippen molar-refractivity contribution < 1.29 is 20.1 Å². The van der Waals surface area contributed by atoms with E-state index in [1.807, 2.05) is 0 Å². The van der Waals surface area contributed by atoms with Crippen molar-refractivity contribution in [2.45, 2.75) is 156 Å². The molecule has 0 fully saturated rings. The number of hydrogen-bond donors (Lipinski definition) is 3. The lowest BCUT2D eigenvalue weighted by atomic mass is 9.81. The van der Waals surface area contributed by atoms with E-state index in [9.17, 15) is 15.3 Å². The number of aliphatic hydroxyl groups excluding tert-OH is 3. The number of rotatable bonds is 27. The van der Waals surface area contributed by atoms with E-state index in [1.165, 1.54) is 96.3 Å². The molecule has 4 nitrogen and oxygen atoms in total. The third-order valence-electron chi connectivity index (χ3n) is 7.62. The lowest BCUT2D eigenvalue weighted by Gasteiger charge is -2.36. The quantitative estimate of drug-likeness (QED) is 0.0997. The fraction of sp³-hybridized carbons (Fsp3) is 1.00. The van der Waals surface area contributed by atoms with Crippen LogP contribution in [-0.2, 0) is 4.74 Å². The Balaban J connectivity index is 4.02. The van der Waals surface area contributed by atoms with Crippen LogP contribution >= 0.6 is 0 Å². The third-order valence-corrected chi connectivity index (χ3v) is 7.62. The van der Waals surface area contributed by atoms with Gasteiger partial charge in [0.15, 0.2) is 0 Å². The van der Waals surface area contributed by atoms with Crippen LogP contribution in [0.2, 0.25) is 0 Å². The smallest absolute Gasteiger partial charge is 0.0697 e. The van der Waals surface area contributed by atoms with Crippen LogP contribution in [0.5, 0.6) is 0 Å². The van der Waals surface area contributed by atoms with E-state index < -0.39 is 5.41 Å². The summed E-state index contributed by atoms with van der Waals surface area (Å²) in [6, 6.07) is 0. The summed E-state index contributed by atoms with van der Waals surface area (Å²) in [5.74, 6) is 1.65. The van der Waals surface area contributed by atoms with Gasteiger partial charge in [-0.3, -0.25) is 0 Å². The number of hydrogen-bond acceptors (Lipinski definition) is 4. The van der Waals surface area contributed by atoms with Crippen LogP contribution < -0.4 is 0 Å². The Morgan fingerprint density at radius 1 is 0.457 bits per heavy atom. The van der Waals surface area contributed by atoms with Gasteiger partial charge in [-0.15, -0.1) is 0 Å². The van der Waals surface area contributed by atoms with Gasteiger partial charge < -0.3 is 20.1 Å². The molecule has 0 aromatic rings. The summed E-state index contributed by atoms with van der Waals surface area (Å²) >= 11 is 0. The summed E-state index contributed by atoms with van der Waals surface area (Å²) in [5, 5.41) is 29.7. The molecule has 3 N–H and O–H groups in total. The van der Waals surface area contributed by atoms with Crippen molar-refractivity contribution in [3.05, 3.63) is 0 Å². The molecule has 0 rings (SSSR count). The lowest BCUT2D eigenvalue weighted by molar-refractivity contribution is -0.117. The maximum Gasteiger partial charge on any atom is 0.0697 e. The van der Waals surface area contributed by atoms with E-state index in [1.54, 1.807) is 0 Å². The molecule has 0 bridgehead atoms. The highest BCUT2D eigenvalue weighted by Crippen LogP contribution is 2.28. The summed E-state index contributed by atoms with van der Waals surface area (Å²) in [5.41, 5.74) is -0.938. The van der Waals surface area contributed by atoms with Crippen molar-refractivity contribution in [3.8, 4) is 0 Å². The molecule has 212 valence electrons. The summed E-state index contributed by atoms with van der Waals surface area (Å²) in [6.45, 7) is 9.14. The van der Waals surface area contributed by atoms with E-state index in [4.69, 9.17) is 4.74 Å². The molecule has 0 heterocycles. The zero-order chi connectivity index (χ0) is 26.2. The standard InChI is InChI=1S/C31H64O4/c1-28(2)21-17-13-9-5-6-11-15-19-23-30(31(25-32,26-33)27-34)35-24-20-16-12-8-7-10-14-18-22-29(3)4/h28-30,32-34H,5-27H2,1-4H3. The third kappa shape index (κ3) is 19.6. The normalized spacial score (nSPS) is 13.3. The van der Waals surface area contributed by atoms with Crippen LogP contribution in [0.3, 0.4) is 0 Å². The van der Waals surface area contributed by atoms with E-state index >= 15 is 0 Å². The van der Waals surface area contributed by atoms with Gasteiger partial charge in [0.25, 0.3) is 0 Å². The fourth-order valence-electron chi connectivity index (χ4n) is 4.91. The Bertz CT molecular complexity index is 412. The first-order valence-corrected chi connectivity index (χ1v) is 15.4. The van der Waals surface area contributed by atoms with E-state index in [0.717, 1.165) is 37.5 Å². The molecule has 0 saturated heterocycles. The van der Waals surface area contributed by atoms with Crippen molar-refractivity contribution in [2.24, 2.45) is 17.3 Å². The van der Waals surface area contributed by atoms with Crippen molar-refractivity contribution >= 4 is 0 Å². The van der Waals surface area contributed by atoms with Gasteiger partial charge in [0.2, 0.25) is 0 Å². The Kier molecular flexibility index (Phi) is 24.1. The second-order valence-corrected chi connectivity index (χ2v) is 12.0. The minimum atomic E-state index is -0.938. The molecule has 1 unspecified atom stereocenters. The number of unbranched alkanes of at least 4 members (excludes halogenated alkanes) is 14. The molecular formula is C31H64O4. The van der Waals surface area contributed by atoms with Gasteiger partial charge in [-0.2, -0.15) is 0 Å². The van der Waals surface area contributed by atoms with Crippen LogP contribution in [0, 0.1) is 17.3 Å². The minimum Gasteiger partial charge on any atom is -0.396 e. The highest BCUT2D eigenvalue weighted by molar-refractivity contribution is 4.86. The molecule has 0 amide bonds. The Labute approximate surface area is 219 Å². The SMILES string of the molecule is CC(C)CCCCCCCCCCOC(CCCCCCCCCCC(C)C)C(CO)(CO)CO. The van der Waals surface area contributed by atoms with Gasteiger partial charge in [-0.05, 0) is 24.7 Å². The van der Waals surface area contributed by atoms with Crippen LogP contribution in [0.25, 0.3) is 0 Å². The Hall–Kier alpha value is -0.160. The van der Waals surface area contributed by atoms with Crippen molar-refractivity contribution in [3.63, 3.8) is 0 Å². The monoisotopic (exact) mass is 500 g/mol. The maximum absolute atomic E-state index is 9.92. The van der Waals surface area contributed by atoms with Gasteiger partial charge in [-0.25, -0.2) is 0 Å². The van der Waals surface area contributed by atoms with Gasteiger partial charge in [0.05, 0.1) is 31.3 Å². The molecule has 4 heteroatoms. The van der Waals surface area contributed by atoms with Crippen LogP contribution in [-0.4, -0.2) is 47.9 Å². The molecule has 0 aliphatic carbocycles. The molecule has 0 aromatic carbocycles. The van der Waals surface area contributed by atoms with Gasteiger partial charge in [0, 0.05) is 6.61 Å². The first-order chi connectivity index (χ1) is 16.9. The van der Waals surface area contributed by atoms with Crippen molar-refractivity contribution in [2.75, 3.05) is 26.4 Å². The molecule has 0 spiro atoms. The second kappa shape index (κ2) is 24.2. The molecule has 0 aromatic heterocycles. The largest absolute Gasteiger partial charge is 0.396 e. The highest BCUT2D eigenvalue weighted by Gasteiger charge is 2.38. The zero-order valence-corrected chi connectivity index (χ0v) is 24.2. The summed E-state index contributed by atoms with van der Waals surface area (Å²) in [6.07, 6.45) is 23.5. The number of aliphatic hydroxyl groups is 3. The first-order valence-electron chi connectivity index (χ1n) is 15.4. The molecule has 1 atom stereocenters. The van der Waals surface area contributed by atoms with E-state index in [2.05, 4.69) is 27.7 Å². The van der Waals surface area contributed by atoms with Crippen LogP contribution in [0.4, 0.5) is 0 Å². The minimum absolute atomic E-state index is 0.238. The predicted octanol–water partition coefficient (Wildman–Crippen LogP) is 8.06. The van der Waals surface area contributed by atoms with E-state index in [0.29, 0.717) is 6.61 Å². The molecular weight excluding hydrogens is 436 g/mol. The Morgan fingerprint density at radius 2 is 0.771 bits per heavy atom. The van der Waals surface area contributed by atoms with E-state index in [-0.39, 0.29) is 25.9 Å².